The van der Waals surface area contributed by atoms with E-state index in [0.717, 1.165) is 0 Å². The molecule has 2 aromatic heterocycles. The van der Waals surface area contributed by atoms with Crippen molar-refractivity contribution in [2.45, 2.75) is 40.2 Å². The summed E-state index contributed by atoms with van der Waals surface area (Å²) in [4.78, 5) is 35.4. The molecule has 0 spiro atoms. The van der Waals surface area contributed by atoms with Gasteiger partial charge in [-0.05, 0) is 19.9 Å². The molecule has 1 amide bonds. The van der Waals surface area contributed by atoms with Crippen LogP contribution < -0.4 is 10.7 Å². The van der Waals surface area contributed by atoms with Gasteiger partial charge in [-0.2, -0.15) is 0 Å². The van der Waals surface area contributed by atoms with Gasteiger partial charge in [-0.15, -0.1) is 0 Å². The minimum Gasteiger partial charge on any atom is -0.363 e. The van der Waals surface area contributed by atoms with Crippen LogP contribution in [-0.2, 0) is 6.54 Å². The highest BCUT2D eigenvalue weighted by Gasteiger charge is 2.12. The Morgan fingerprint density at radius 2 is 2.09 bits per heavy atom. The molecule has 0 aromatic carbocycles. The molecule has 0 aliphatic rings. The predicted molar refractivity (Wildman–Crippen MR) is 83.8 cm³/mol. The van der Waals surface area contributed by atoms with E-state index in [9.17, 15) is 9.59 Å². The van der Waals surface area contributed by atoms with Crippen molar-refractivity contribution in [2.75, 3.05) is 0 Å². The highest BCUT2D eigenvalue weighted by Crippen LogP contribution is 2.08. The lowest BCUT2D eigenvalue weighted by Crippen LogP contribution is -2.26. The predicted octanol–water partition coefficient (Wildman–Crippen LogP) is 1.84. The van der Waals surface area contributed by atoms with Gasteiger partial charge < -0.3 is 10.3 Å². The molecule has 0 unspecified atom stereocenters. The zero-order chi connectivity index (χ0) is 16.3. The van der Waals surface area contributed by atoms with Crippen molar-refractivity contribution >= 4 is 5.91 Å². The number of carbonyl (C=O) groups excluding carboxylic acids is 1. The van der Waals surface area contributed by atoms with E-state index < -0.39 is 0 Å². The van der Waals surface area contributed by atoms with Crippen LogP contribution in [0.1, 0.15) is 52.9 Å². The second kappa shape index (κ2) is 6.51. The summed E-state index contributed by atoms with van der Waals surface area (Å²) in [5.41, 5.74) is 2.29. The van der Waals surface area contributed by atoms with Crippen molar-refractivity contribution in [2.24, 2.45) is 0 Å². The van der Waals surface area contributed by atoms with Gasteiger partial charge in [0.2, 0.25) is 0 Å². The van der Waals surface area contributed by atoms with Crippen LogP contribution in [0.15, 0.2) is 23.3 Å². The summed E-state index contributed by atoms with van der Waals surface area (Å²) < 4.78 is 0. The number of rotatable bonds is 4. The molecule has 0 saturated heterocycles. The Balaban J connectivity index is 2.12. The van der Waals surface area contributed by atoms with Crippen molar-refractivity contribution in [1.29, 1.82) is 0 Å². The van der Waals surface area contributed by atoms with Crippen LogP contribution in [0, 0.1) is 13.8 Å². The molecule has 2 rings (SSSR count). The van der Waals surface area contributed by atoms with E-state index in [-0.39, 0.29) is 23.8 Å². The number of nitrogens with zero attached hydrogens (tertiary/aromatic N) is 2. The summed E-state index contributed by atoms with van der Waals surface area (Å²) in [5, 5.41) is 2.77. The van der Waals surface area contributed by atoms with Crippen LogP contribution in [0.2, 0.25) is 0 Å². The van der Waals surface area contributed by atoms with Crippen LogP contribution in [-0.4, -0.2) is 20.9 Å². The molecule has 116 valence electrons. The van der Waals surface area contributed by atoms with Gasteiger partial charge in [0.15, 0.2) is 5.43 Å². The van der Waals surface area contributed by atoms with Crippen LogP contribution in [0.4, 0.5) is 0 Å². The minimum atomic E-state index is -0.287. The maximum atomic E-state index is 12.2. The molecular weight excluding hydrogens is 280 g/mol. The van der Waals surface area contributed by atoms with Gasteiger partial charge in [0.05, 0.1) is 6.54 Å². The van der Waals surface area contributed by atoms with Crippen molar-refractivity contribution in [1.82, 2.24) is 20.3 Å². The molecule has 6 heteroatoms. The Morgan fingerprint density at radius 3 is 2.77 bits per heavy atom. The SMILES string of the molecule is Cc1c[nH]c(CNC(=O)c2ccnc(C(C)C)n2)c(C)c1=O. The van der Waals surface area contributed by atoms with Gasteiger partial charge in [0, 0.05) is 35.1 Å². The zero-order valence-electron chi connectivity index (χ0n) is 13.2. The van der Waals surface area contributed by atoms with Gasteiger partial charge >= 0.3 is 0 Å². The Hall–Kier alpha value is -2.50. The fourth-order valence-corrected chi connectivity index (χ4v) is 2.02. The summed E-state index contributed by atoms with van der Waals surface area (Å²) in [7, 11) is 0. The number of carbonyl (C=O) groups is 1. The molecule has 2 aromatic rings. The summed E-state index contributed by atoms with van der Waals surface area (Å²) in [6.07, 6.45) is 3.23. The molecule has 0 aliphatic carbocycles. The van der Waals surface area contributed by atoms with Crippen LogP contribution in [0.25, 0.3) is 0 Å². The molecule has 0 bridgehead atoms. The van der Waals surface area contributed by atoms with Crippen LogP contribution in [0.3, 0.4) is 0 Å². The monoisotopic (exact) mass is 300 g/mol. The van der Waals surface area contributed by atoms with E-state index in [0.29, 0.717) is 28.3 Å². The first-order valence-corrected chi connectivity index (χ1v) is 7.19. The first-order chi connectivity index (χ1) is 10.4. The first-order valence-electron chi connectivity index (χ1n) is 7.19. The second-order valence-corrected chi connectivity index (χ2v) is 5.54. The lowest BCUT2D eigenvalue weighted by molar-refractivity contribution is 0.0945. The summed E-state index contributed by atoms with van der Waals surface area (Å²) in [6, 6.07) is 1.58. The van der Waals surface area contributed by atoms with Gasteiger partial charge in [0.1, 0.15) is 11.5 Å². The lowest BCUT2D eigenvalue weighted by atomic mass is 10.1. The third-order valence-corrected chi connectivity index (χ3v) is 3.46. The van der Waals surface area contributed by atoms with E-state index in [1.807, 2.05) is 13.8 Å². The third-order valence-electron chi connectivity index (χ3n) is 3.46. The molecule has 6 nitrogen and oxygen atoms in total. The molecule has 2 N–H and O–H groups in total. The molecule has 0 radical (unpaired) electrons. The average molecular weight is 300 g/mol. The molecular formula is C16H20N4O2. The highest BCUT2D eigenvalue weighted by molar-refractivity contribution is 5.92. The van der Waals surface area contributed by atoms with Crippen molar-refractivity contribution in [3.8, 4) is 0 Å². The van der Waals surface area contributed by atoms with Crippen molar-refractivity contribution < 1.29 is 4.79 Å². The first kappa shape index (κ1) is 15.9. The maximum Gasteiger partial charge on any atom is 0.270 e. The quantitative estimate of drug-likeness (QED) is 0.901. The van der Waals surface area contributed by atoms with Gasteiger partial charge in [-0.3, -0.25) is 9.59 Å². The molecule has 0 fully saturated rings. The summed E-state index contributed by atoms with van der Waals surface area (Å²) in [5.74, 6) is 0.501. The number of H-pyrrole nitrogens is 1. The highest BCUT2D eigenvalue weighted by atomic mass is 16.1. The second-order valence-electron chi connectivity index (χ2n) is 5.54. The number of hydrogen-bond donors (Lipinski definition) is 2. The number of hydrogen-bond acceptors (Lipinski definition) is 4. The molecule has 0 aliphatic heterocycles. The average Bonchev–Trinajstić information content (AvgIpc) is 2.51. The Kier molecular flexibility index (Phi) is 4.70. The summed E-state index contributed by atoms with van der Waals surface area (Å²) in [6.45, 7) is 7.69. The molecule has 0 saturated carbocycles. The van der Waals surface area contributed by atoms with E-state index in [2.05, 4.69) is 20.3 Å². The Bertz CT molecular complexity index is 750. The summed E-state index contributed by atoms with van der Waals surface area (Å²) >= 11 is 0. The number of aryl methyl sites for hydroxylation is 1. The minimum absolute atomic E-state index is 0.00729. The van der Waals surface area contributed by atoms with Crippen LogP contribution in [0.5, 0.6) is 0 Å². The molecule has 0 atom stereocenters. The van der Waals surface area contributed by atoms with E-state index >= 15 is 0 Å². The fourth-order valence-electron chi connectivity index (χ4n) is 2.02. The van der Waals surface area contributed by atoms with E-state index in [1.54, 1.807) is 32.3 Å². The Labute approximate surface area is 129 Å². The number of nitrogens with one attached hydrogen (secondary N) is 2. The van der Waals surface area contributed by atoms with Crippen molar-refractivity contribution in [3.05, 3.63) is 57.0 Å². The number of aromatic amines is 1. The number of amides is 1. The number of pyridine rings is 1. The topological polar surface area (TPSA) is 87.7 Å². The van der Waals surface area contributed by atoms with Gasteiger partial charge in [-0.1, -0.05) is 13.8 Å². The standard InChI is InChI=1S/C16H20N4O2/c1-9(2)15-17-6-5-12(20-15)16(22)19-8-13-11(4)14(21)10(3)7-18-13/h5-7,9H,8H2,1-4H3,(H,18,21)(H,19,22). The molecule has 22 heavy (non-hydrogen) atoms. The van der Waals surface area contributed by atoms with Crippen molar-refractivity contribution in [3.63, 3.8) is 0 Å². The molecule has 2 heterocycles. The van der Waals surface area contributed by atoms with E-state index in [1.165, 1.54) is 0 Å². The Morgan fingerprint density at radius 1 is 1.36 bits per heavy atom. The normalized spacial score (nSPS) is 10.8. The van der Waals surface area contributed by atoms with Crippen LogP contribution >= 0.6 is 0 Å². The maximum absolute atomic E-state index is 12.2. The van der Waals surface area contributed by atoms with E-state index in [4.69, 9.17) is 0 Å². The zero-order valence-corrected chi connectivity index (χ0v) is 13.2. The fraction of sp³-hybridized carbons (Fsp3) is 0.375. The van der Waals surface area contributed by atoms with Gasteiger partial charge in [-0.25, -0.2) is 9.97 Å². The van der Waals surface area contributed by atoms with Gasteiger partial charge in [0.25, 0.3) is 5.91 Å². The number of aromatic nitrogens is 3. The third kappa shape index (κ3) is 3.39. The lowest BCUT2D eigenvalue weighted by Gasteiger charge is -2.09. The largest absolute Gasteiger partial charge is 0.363 e. The smallest absolute Gasteiger partial charge is 0.270 e.